The summed E-state index contributed by atoms with van der Waals surface area (Å²) in [6.45, 7) is 4.83. The van der Waals surface area contributed by atoms with Crippen molar-refractivity contribution in [3.05, 3.63) is 29.3 Å². The molecule has 5 heteroatoms. The van der Waals surface area contributed by atoms with Gasteiger partial charge in [-0.1, -0.05) is 13.0 Å². The normalized spacial score (nSPS) is 24.0. The molecule has 2 unspecified atom stereocenters. The number of nitrogens with two attached hydrogens (primary N) is 1. The third-order valence-electron chi connectivity index (χ3n) is 3.70. The molecule has 1 aromatic carbocycles. The molecule has 0 radical (unpaired) electrons. The van der Waals surface area contributed by atoms with Crippen LogP contribution in [0, 0.1) is 5.92 Å². The van der Waals surface area contributed by atoms with Crippen molar-refractivity contribution in [2.75, 3.05) is 11.4 Å². The molecule has 2 N–H and O–H groups in total. The van der Waals surface area contributed by atoms with Gasteiger partial charge in [-0.25, -0.2) is 0 Å². The number of anilines is 1. The van der Waals surface area contributed by atoms with Crippen LogP contribution < -0.4 is 10.6 Å². The first-order valence-corrected chi connectivity index (χ1v) is 6.49. The minimum absolute atomic E-state index is 0.120. The van der Waals surface area contributed by atoms with Gasteiger partial charge in [0.25, 0.3) is 0 Å². The fraction of sp³-hybridized carbons (Fsp3) is 0.571. The lowest BCUT2D eigenvalue weighted by molar-refractivity contribution is -0.137. The number of halogens is 3. The quantitative estimate of drug-likeness (QED) is 0.894. The predicted molar refractivity (Wildman–Crippen MR) is 69.9 cm³/mol. The van der Waals surface area contributed by atoms with E-state index in [9.17, 15) is 13.2 Å². The highest BCUT2D eigenvalue weighted by Gasteiger charge is 2.37. The van der Waals surface area contributed by atoms with Crippen molar-refractivity contribution in [3.63, 3.8) is 0 Å². The summed E-state index contributed by atoms with van der Waals surface area (Å²) in [4.78, 5) is 1.85. The maximum atomic E-state index is 13.2. The summed E-state index contributed by atoms with van der Waals surface area (Å²) in [6.07, 6.45) is -3.41. The number of hydrogen-bond donors (Lipinski definition) is 1. The molecule has 19 heavy (non-hydrogen) atoms. The van der Waals surface area contributed by atoms with Crippen molar-refractivity contribution in [1.29, 1.82) is 0 Å². The molecule has 2 atom stereocenters. The number of alkyl halides is 3. The van der Waals surface area contributed by atoms with E-state index in [-0.39, 0.29) is 18.3 Å². The molecule has 1 aliphatic rings. The minimum atomic E-state index is -4.34. The van der Waals surface area contributed by atoms with E-state index in [0.717, 1.165) is 6.42 Å². The fourth-order valence-corrected chi connectivity index (χ4v) is 2.82. The van der Waals surface area contributed by atoms with Gasteiger partial charge in [-0.3, -0.25) is 0 Å². The van der Waals surface area contributed by atoms with Gasteiger partial charge in [0.05, 0.1) is 5.56 Å². The van der Waals surface area contributed by atoms with Crippen molar-refractivity contribution >= 4 is 5.69 Å². The molecule has 2 rings (SSSR count). The van der Waals surface area contributed by atoms with Crippen LogP contribution in [-0.2, 0) is 12.7 Å². The molecular formula is C14H19F3N2. The maximum Gasteiger partial charge on any atom is 0.418 e. The highest BCUT2D eigenvalue weighted by atomic mass is 19.4. The number of nitrogens with zero attached hydrogens (tertiary/aromatic N) is 1. The highest BCUT2D eigenvalue weighted by molar-refractivity contribution is 5.58. The Labute approximate surface area is 111 Å². The second-order valence-electron chi connectivity index (χ2n) is 5.40. The Morgan fingerprint density at radius 1 is 1.32 bits per heavy atom. The molecule has 1 fully saturated rings. The number of benzene rings is 1. The molecule has 0 bridgehead atoms. The van der Waals surface area contributed by atoms with E-state index in [1.165, 1.54) is 6.07 Å². The third kappa shape index (κ3) is 2.86. The Hall–Kier alpha value is -1.23. The van der Waals surface area contributed by atoms with Gasteiger partial charge in [-0.05, 0) is 37.0 Å². The van der Waals surface area contributed by atoms with Gasteiger partial charge in [-0.15, -0.1) is 0 Å². The first-order chi connectivity index (χ1) is 8.82. The average molecular weight is 272 g/mol. The summed E-state index contributed by atoms with van der Waals surface area (Å²) in [6, 6.07) is 4.55. The Bertz CT molecular complexity index is 456. The van der Waals surface area contributed by atoms with E-state index >= 15 is 0 Å². The van der Waals surface area contributed by atoms with Crippen LogP contribution in [0.2, 0.25) is 0 Å². The van der Waals surface area contributed by atoms with Crippen molar-refractivity contribution in [2.45, 2.75) is 39.0 Å². The molecule has 1 saturated heterocycles. The molecule has 1 aromatic rings. The van der Waals surface area contributed by atoms with Crippen molar-refractivity contribution < 1.29 is 13.2 Å². The number of rotatable bonds is 2. The minimum Gasteiger partial charge on any atom is -0.368 e. The van der Waals surface area contributed by atoms with Crippen LogP contribution in [0.3, 0.4) is 0 Å². The lowest BCUT2D eigenvalue weighted by Gasteiger charge is -2.27. The first kappa shape index (κ1) is 14.2. The SMILES string of the molecule is CC1CC(C)N(c2ccc(CN)cc2C(F)(F)F)C1. The zero-order valence-electron chi connectivity index (χ0n) is 11.2. The topological polar surface area (TPSA) is 29.3 Å². The van der Waals surface area contributed by atoms with Gasteiger partial charge in [0.2, 0.25) is 0 Å². The largest absolute Gasteiger partial charge is 0.418 e. The Balaban J connectivity index is 2.45. The molecule has 2 nitrogen and oxygen atoms in total. The van der Waals surface area contributed by atoms with Gasteiger partial charge in [0, 0.05) is 24.8 Å². The van der Waals surface area contributed by atoms with Gasteiger partial charge < -0.3 is 10.6 Å². The fourth-order valence-electron chi connectivity index (χ4n) is 2.82. The van der Waals surface area contributed by atoms with E-state index in [0.29, 0.717) is 18.0 Å². The molecule has 0 spiro atoms. The van der Waals surface area contributed by atoms with E-state index < -0.39 is 11.7 Å². The first-order valence-electron chi connectivity index (χ1n) is 6.49. The lowest BCUT2D eigenvalue weighted by Crippen LogP contribution is -2.29. The molecule has 1 aliphatic heterocycles. The summed E-state index contributed by atoms with van der Waals surface area (Å²) in [5.41, 5.74) is 5.65. The van der Waals surface area contributed by atoms with Gasteiger partial charge in [0.1, 0.15) is 0 Å². The molecular weight excluding hydrogens is 253 g/mol. The average Bonchev–Trinajstić information content (AvgIpc) is 2.66. The van der Waals surface area contributed by atoms with Crippen LogP contribution in [0.4, 0.5) is 18.9 Å². The van der Waals surface area contributed by atoms with Crippen molar-refractivity contribution in [1.82, 2.24) is 0 Å². The van der Waals surface area contributed by atoms with Crippen LogP contribution >= 0.6 is 0 Å². The van der Waals surface area contributed by atoms with E-state index in [1.807, 2.05) is 11.8 Å². The van der Waals surface area contributed by atoms with Crippen LogP contribution in [-0.4, -0.2) is 12.6 Å². The Morgan fingerprint density at radius 2 is 2.00 bits per heavy atom. The van der Waals surface area contributed by atoms with E-state index in [1.54, 1.807) is 12.1 Å². The van der Waals surface area contributed by atoms with Crippen LogP contribution in [0.15, 0.2) is 18.2 Å². The van der Waals surface area contributed by atoms with Gasteiger partial charge >= 0.3 is 6.18 Å². The molecule has 0 amide bonds. The highest BCUT2D eigenvalue weighted by Crippen LogP contribution is 2.40. The third-order valence-corrected chi connectivity index (χ3v) is 3.70. The van der Waals surface area contributed by atoms with E-state index in [4.69, 9.17) is 5.73 Å². The van der Waals surface area contributed by atoms with E-state index in [2.05, 4.69) is 6.92 Å². The summed E-state index contributed by atoms with van der Waals surface area (Å²) in [7, 11) is 0. The molecule has 0 aromatic heterocycles. The monoisotopic (exact) mass is 272 g/mol. The van der Waals surface area contributed by atoms with Crippen LogP contribution in [0.5, 0.6) is 0 Å². The Morgan fingerprint density at radius 3 is 2.47 bits per heavy atom. The molecule has 0 saturated carbocycles. The molecule has 106 valence electrons. The Kier molecular flexibility index (Phi) is 3.76. The lowest BCUT2D eigenvalue weighted by atomic mass is 10.1. The predicted octanol–water partition coefficient (Wildman–Crippen LogP) is 3.40. The second kappa shape index (κ2) is 5.04. The second-order valence-corrected chi connectivity index (χ2v) is 5.40. The van der Waals surface area contributed by atoms with Crippen LogP contribution in [0.1, 0.15) is 31.4 Å². The molecule has 0 aliphatic carbocycles. The summed E-state index contributed by atoms with van der Waals surface area (Å²) >= 11 is 0. The van der Waals surface area contributed by atoms with Crippen molar-refractivity contribution in [2.24, 2.45) is 11.7 Å². The smallest absolute Gasteiger partial charge is 0.368 e. The summed E-state index contributed by atoms with van der Waals surface area (Å²) < 4.78 is 39.5. The molecule has 1 heterocycles. The van der Waals surface area contributed by atoms with Crippen molar-refractivity contribution in [3.8, 4) is 0 Å². The maximum absolute atomic E-state index is 13.2. The standard InChI is InChI=1S/C14H19F3N2/c1-9-5-10(2)19(8-9)13-4-3-11(7-18)6-12(13)14(15,16)17/h3-4,6,9-10H,5,7-8,18H2,1-2H3. The van der Waals surface area contributed by atoms with Gasteiger partial charge in [-0.2, -0.15) is 13.2 Å². The van der Waals surface area contributed by atoms with Crippen LogP contribution in [0.25, 0.3) is 0 Å². The number of hydrogen-bond acceptors (Lipinski definition) is 2. The van der Waals surface area contributed by atoms with Gasteiger partial charge in [0.15, 0.2) is 0 Å². The summed E-state index contributed by atoms with van der Waals surface area (Å²) in [5, 5.41) is 0. The zero-order chi connectivity index (χ0) is 14.2. The summed E-state index contributed by atoms with van der Waals surface area (Å²) in [5.74, 6) is 0.422. The zero-order valence-corrected chi connectivity index (χ0v) is 11.2.